The summed E-state index contributed by atoms with van der Waals surface area (Å²) in [4.78, 5) is 0. The molecule has 2 aliphatic heterocycles. The van der Waals surface area contributed by atoms with Crippen LogP contribution in [-0.2, 0) is 10.2 Å². The van der Waals surface area contributed by atoms with Gasteiger partial charge in [0.05, 0.1) is 13.2 Å². The van der Waals surface area contributed by atoms with Gasteiger partial charge in [-0.1, -0.05) is 12.1 Å². The van der Waals surface area contributed by atoms with Crippen LogP contribution in [-0.4, -0.2) is 26.3 Å². The van der Waals surface area contributed by atoms with Gasteiger partial charge in [-0.25, -0.2) is 4.39 Å². The molecule has 0 aliphatic carbocycles. The molecule has 0 amide bonds. The maximum absolute atomic E-state index is 13.4. The van der Waals surface area contributed by atoms with E-state index in [1.165, 1.54) is 18.9 Å². The zero-order valence-electron chi connectivity index (χ0n) is 10.6. The molecule has 0 aromatic heterocycles. The summed E-state index contributed by atoms with van der Waals surface area (Å²) >= 11 is 0. The van der Waals surface area contributed by atoms with Crippen LogP contribution in [0.1, 0.15) is 24.8 Å². The van der Waals surface area contributed by atoms with Crippen molar-refractivity contribution in [2.75, 3.05) is 26.3 Å². The summed E-state index contributed by atoms with van der Waals surface area (Å²) in [6.45, 7) is 3.72. The Balaban J connectivity index is 1.77. The number of hydrogen-bond acceptors (Lipinski definition) is 2. The van der Waals surface area contributed by atoms with Gasteiger partial charge in [0.15, 0.2) is 0 Å². The standard InChI is InChI=1S/C15H20FNO/c16-14-5-1-4-13(7-14)15(10-18-11-15)8-12-3-2-6-17-9-12/h1,4-5,7,12,17H,2-3,6,8-11H2. The largest absolute Gasteiger partial charge is 0.379 e. The van der Waals surface area contributed by atoms with Crippen LogP contribution in [0.25, 0.3) is 0 Å². The summed E-state index contributed by atoms with van der Waals surface area (Å²) in [6, 6.07) is 7.05. The molecule has 2 nitrogen and oxygen atoms in total. The fourth-order valence-corrected chi connectivity index (χ4v) is 3.22. The van der Waals surface area contributed by atoms with Crippen molar-refractivity contribution >= 4 is 0 Å². The van der Waals surface area contributed by atoms with E-state index in [-0.39, 0.29) is 11.2 Å². The maximum atomic E-state index is 13.4. The second-order valence-corrected chi connectivity index (χ2v) is 5.70. The molecule has 2 saturated heterocycles. The number of hydrogen-bond donors (Lipinski definition) is 1. The minimum absolute atomic E-state index is 0.0613. The van der Waals surface area contributed by atoms with Crippen molar-refractivity contribution in [2.24, 2.45) is 5.92 Å². The molecule has 18 heavy (non-hydrogen) atoms. The van der Waals surface area contributed by atoms with Crippen LogP contribution in [0.3, 0.4) is 0 Å². The Kier molecular flexibility index (Phi) is 3.35. The molecule has 1 N–H and O–H groups in total. The van der Waals surface area contributed by atoms with Gasteiger partial charge >= 0.3 is 0 Å². The SMILES string of the molecule is Fc1cccc(C2(CC3CCCNC3)COC2)c1. The van der Waals surface area contributed by atoms with E-state index >= 15 is 0 Å². The highest BCUT2D eigenvalue weighted by molar-refractivity contribution is 5.28. The molecule has 0 bridgehead atoms. The van der Waals surface area contributed by atoms with Gasteiger partial charge in [-0.15, -0.1) is 0 Å². The highest BCUT2D eigenvalue weighted by atomic mass is 19.1. The third kappa shape index (κ3) is 2.29. The molecule has 3 heteroatoms. The quantitative estimate of drug-likeness (QED) is 0.888. The number of nitrogens with one attached hydrogen (secondary N) is 1. The molecule has 0 radical (unpaired) electrons. The Morgan fingerprint density at radius 3 is 2.89 bits per heavy atom. The molecule has 1 aromatic rings. The summed E-state index contributed by atoms with van der Waals surface area (Å²) < 4.78 is 18.8. The molecule has 0 spiro atoms. The van der Waals surface area contributed by atoms with E-state index in [0.717, 1.165) is 38.3 Å². The van der Waals surface area contributed by atoms with Gasteiger partial charge in [0, 0.05) is 5.41 Å². The molecule has 2 fully saturated rings. The van der Waals surface area contributed by atoms with Crippen molar-refractivity contribution in [1.82, 2.24) is 5.32 Å². The summed E-state index contributed by atoms with van der Waals surface area (Å²) in [5, 5.41) is 3.45. The Morgan fingerprint density at radius 2 is 2.28 bits per heavy atom. The number of rotatable bonds is 3. The Labute approximate surface area is 108 Å². The lowest BCUT2D eigenvalue weighted by Gasteiger charge is -2.45. The number of piperidine rings is 1. The summed E-state index contributed by atoms with van der Waals surface area (Å²) in [5.41, 5.74) is 1.17. The van der Waals surface area contributed by atoms with Gasteiger partial charge < -0.3 is 10.1 Å². The number of ether oxygens (including phenoxy) is 1. The van der Waals surface area contributed by atoms with E-state index in [1.807, 2.05) is 12.1 Å². The number of halogens is 1. The van der Waals surface area contributed by atoms with Gasteiger partial charge in [0.1, 0.15) is 5.82 Å². The zero-order chi connectivity index (χ0) is 12.4. The van der Waals surface area contributed by atoms with E-state index in [1.54, 1.807) is 6.07 Å². The van der Waals surface area contributed by atoms with Crippen LogP contribution < -0.4 is 5.32 Å². The highest BCUT2D eigenvalue weighted by Gasteiger charge is 2.42. The van der Waals surface area contributed by atoms with Gasteiger partial charge in [-0.3, -0.25) is 0 Å². The van der Waals surface area contributed by atoms with E-state index in [9.17, 15) is 4.39 Å². The van der Waals surface area contributed by atoms with Crippen molar-refractivity contribution in [3.63, 3.8) is 0 Å². The normalized spacial score (nSPS) is 26.6. The van der Waals surface area contributed by atoms with Crippen molar-refractivity contribution in [3.8, 4) is 0 Å². The monoisotopic (exact) mass is 249 g/mol. The lowest BCUT2D eigenvalue weighted by molar-refractivity contribution is -0.0728. The molecule has 1 aromatic carbocycles. The highest BCUT2D eigenvalue weighted by Crippen LogP contribution is 2.39. The third-order valence-corrected chi connectivity index (χ3v) is 4.27. The van der Waals surface area contributed by atoms with E-state index in [0.29, 0.717) is 5.92 Å². The average Bonchev–Trinajstić information content (AvgIpc) is 2.35. The molecule has 98 valence electrons. The summed E-state index contributed by atoms with van der Waals surface area (Å²) in [7, 11) is 0. The summed E-state index contributed by atoms with van der Waals surface area (Å²) in [5.74, 6) is 0.562. The van der Waals surface area contributed by atoms with Crippen LogP contribution >= 0.6 is 0 Å². The smallest absolute Gasteiger partial charge is 0.123 e. The first-order valence-electron chi connectivity index (χ1n) is 6.83. The first kappa shape index (κ1) is 12.1. The van der Waals surface area contributed by atoms with Crippen LogP contribution in [0, 0.1) is 11.7 Å². The average molecular weight is 249 g/mol. The van der Waals surface area contributed by atoms with Gasteiger partial charge in [0.25, 0.3) is 0 Å². The predicted octanol–water partition coefficient (Wildman–Crippen LogP) is 2.48. The fraction of sp³-hybridized carbons (Fsp3) is 0.600. The van der Waals surface area contributed by atoms with Crippen molar-refractivity contribution < 1.29 is 9.13 Å². The maximum Gasteiger partial charge on any atom is 0.123 e. The molecule has 0 saturated carbocycles. The van der Waals surface area contributed by atoms with Crippen LogP contribution in [0.4, 0.5) is 4.39 Å². The second kappa shape index (κ2) is 4.98. The first-order chi connectivity index (χ1) is 8.78. The van der Waals surface area contributed by atoms with E-state index in [4.69, 9.17) is 4.74 Å². The van der Waals surface area contributed by atoms with E-state index in [2.05, 4.69) is 5.32 Å². The topological polar surface area (TPSA) is 21.3 Å². The minimum Gasteiger partial charge on any atom is -0.379 e. The third-order valence-electron chi connectivity index (χ3n) is 4.27. The zero-order valence-corrected chi connectivity index (χ0v) is 10.6. The van der Waals surface area contributed by atoms with Crippen molar-refractivity contribution in [2.45, 2.75) is 24.7 Å². The fourth-order valence-electron chi connectivity index (χ4n) is 3.22. The van der Waals surface area contributed by atoms with Crippen molar-refractivity contribution in [3.05, 3.63) is 35.6 Å². The molecule has 1 unspecified atom stereocenters. The van der Waals surface area contributed by atoms with Gasteiger partial charge in [0.2, 0.25) is 0 Å². The number of benzene rings is 1. The Hall–Kier alpha value is -0.930. The lowest BCUT2D eigenvalue weighted by atomic mass is 9.71. The first-order valence-corrected chi connectivity index (χ1v) is 6.83. The Bertz CT molecular complexity index is 411. The van der Waals surface area contributed by atoms with Crippen LogP contribution in [0.5, 0.6) is 0 Å². The lowest BCUT2D eigenvalue weighted by Crippen LogP contribution is -2.49. The molecule has 2 aliphatic rings. The van der Waals surface area contributed by atoms with Gasteiger partial charge in [-0.05, 0) is 56.0 Å². The Morgan fingerprint density at radius 1 is 1.39 bits per heavy atom. The summed E-state index contributed by atoms with van der Waals surface area (Å²) in [6.07, 6.45) is 3.65. The van der Waals surface area contributed by atoms with Gasteiger partial charge in [-0.2, -0.15) is 0 Å². The van der Waals surface area contributed by atoms with Crippen LogP contribution in [0.15, 0.2) is 24.3 Å². The van der Waals surface area contributed by atoms with E-state index < -0.39 is 0 Å². The molecular formula is C15H20FNO. The molecule has 3 rings (SSSR count). The molecule has 2 heterocycles. The molecule has 1 atom stereocenters. The molecular weight excluding hydrogens is 229 g/mol. The van der Waals surface area contributed by atoms with Crippen molar-refractivity contribution in [1.29, 1.82) is 0 Å². The van der Waals surface area contributed by atoms with Crippen LogP contribution in [0.2, 0.25) is 0 Å². The predicted molar refractivity (Wildman–Crippen MR) is 69.1 cm³/mol. The minimum atomic E-state index is -0.138. The second-order valence-electron chi connectivity index (χ2n) is 5.70.